The van der Waals surface area contributed by atoms with Crippen LogP contribution >= 0.6 is 0 Å². The highest BCUT2D eigenvalue weighted by Gasteiger charge is 2.21. The van der Waals surface area contributed by atoms with Gasteiger partial charge in [-0.2, -0.15) is 0 Å². The summed E-state index contributed by atoms with van der Waals surface area (Å²) >= 11 is 0. The van der Waals surface area contributed by atoms with Crippen LogP contribution in [0.3, 0.4) is 0 Å². The molecule has 0 radical (unpaired) electrons. The molecule has 6 nitrogen and oxygen atoms in total. The Morgan fingerprint density at radius 1 is 0.932 bits per heavy atom. The topological polar surface area (TPSA) is 93.5 Å². The van der Waals surface area contributed by atoms with Crippen molar-refractivity contribution >= 4 is 13.6 Å². The standard InChI is InChI=1S/C20H31N3.C15H15FO.2CH2O/c1-6-11-19(23-21)20(18(7-2)16(4)22-5)15(3)14-17-12-9-8-10-13-17;1-11-3-7-15(8-4-11)17-10-13-9-14(16)6-5-12(13)2;2*1-2/h8-10,12-13,18,22-23H,3-4,6-7,11,14,21H2,1-2,5H3;3-9H,10H2,1-2H3;2*1H2/b20-19+;;;. The highest BCUT2D eigenvalue weighted by Crippen LogP contribution is 2.32. The van der Waals surface area contributed by atoms with Crippen LogP contribution in [0, 0.1) is 25.6 Å². The third-order valence-electron chi connectivity index (χ3n) is 6.87. The molecule has 4 N–H and O–H groups in total. The normalized spacial score (nSPS) is 11.0. The average molecular weight is 604 g/mol. The van der Waals surface area contributed by atoms with E-state index < -0.39 is 0 Å². The van der Waals surface area contributed by atoms with Crippen LogP contribution in [0.5, 0.6) is 5.75 Å². The first-order valence-corrected chi connectivity index (χ1v) is 14.5. The first kappa shape index (κ1) is 39.5. The van der Waals surface area contributed by atoms with Gasteiger partial charge in [0.05, 0.1) is 0 Å². The van der Waals surface area contributed by atoms with Crippen molar-refractivity contribution < 1.29 is 18.7 Å². The number of hydrogen-bond donors (Lipinski definition) is 3. The Morgan fingerprint density at radius 2 is 1.55 bits per heavy atom. The van der Waals surface area contributed by atoms with E-state index in [2.05, 4.69) is 62.0 Å². The molecule has 0 aliphatic carbocycles. The fourth-order valence-electron chi connectivity index (χ4n) is 4.53. The quantitative estimate of drug-likeness (QED) is 0.105. The number of hydrogen-bond acceptors (Lipinski definition) is 6. The van der Waals surface area contributed by atoms with E-state index in [0.717, 1.165) is 59.5 Å². The molecule has 3 aromatic carbocycles. The molecule has 7 heteroatoms. The van der Waals surface area contributed by atoms with Crippen molar-refractivity contribution in [2.24, 2.45) is 11.8 Å². The van der Waals surface area contributed by atoms with Gasteiger partial charge in [-0.05, 0) is 85.2 Å². The molecule has 0 aliphatic heterocycles. The highest BCUT2D eigenvalue weighted by molar-refractivity contribution is 5.41. The molecule has 0 amide bonds. The number of rotatable bonds is 13. The second-order valence-electron chi connectivity index (χ2n) is 9.96. The number of nitrogens with one attached hydrogen (secondary N) is 2. The Hall–Kier alpha value is -4.49. The minimum Gasteiger partial charge on any atom is -0.489 e. The van der Waals surface area contributed by atoms with Crippen LogP contribution in [0.25, 0.3) is 0 Å². The number of hydrazine groups is 1. The van der Waals surface area contributed by atoms with Crippen LogP contribution in [-0.2, 0) is 22.6 Å². The van der Waals surface area contributed by atoms with Gasteiger partial charge in [-0.1, -0.05) is 87.5 Å². The molecule has 1 unspecified atom stereocenters. The molecule has 238 valence electrons. The summed E-state index contributed by atoms with van der Waals surface area (Å²) in [6, 6.07) is 23.0. The van der Waals surface area contributed by atoms with Gasteiger partial charge in [-0.15, -0.1) is 0 Å². The van der Waals surface area contributed by atoms with Gasteiger partial charge in [0.2, 0.25) is 0 Å². The number of benzene rings is 3. The van der Waals surface area contributed by atoms with E-state index in [9.17, 15) is 4.39 Å². The molecule has 0 fully saturated rings. The number of ether oxygens (including phenoxy) is 1. The highest BCUT2D eigenvalue weighted by atomic mass is 19.1. The summed E-state index contributed by atoms with van der Waals surface area (Å²) in [6.07, 6.45) is 3.72. The number of nitrogens with two attached hydrogens (primary N) is 1. The lowest BCUT2D eigenvalue weighted by molar-refractivity contribution is -0.0987. The Bertz CT molecular complexity index is 1290. The van der Waals surface area contributed by atoms with E-state index >= 15 is 0 Å². The molecular formula is C37H50FN3O3. The second kappa shape index (κ2) is 23.0. The Morgan fingerprint density at radius 3 is 2.07 bits per heavy atom. The molecule has 0 heterocycles. The van der Waals surface area contributed by atoms with Gasteiger partial charge < -0.3 is 25.1 Å². The summed E-state index contributed by atoms with van der Waals surface area (Å²) < 4.78 is 18.7. The molecule has 3 aromatic rings. The smallest absolute Gasteiger partial charge is 0.123 e. The van der Waals surface area contributed by atoms with Crippen LogP contribution in [0.2, 0.25) is 0 Å². The first-order valence-electron chi connectivity index (χ1n) is 14.5. The van der Waals surface area contributed by atoms with Crippen molar-refractivity contribution in [3.63, 3.8) is 0 Å². The molecule has 1 atom stereocenters. The van der Waals surface area contributed by atoms with E-state index in [1.807, 2.05) is 64.8 Å². The SMILES string of the molecule is C=C(Cc1ccccc1)/C(=C(/CCC)NN)C(CC)C(=C)NC.C=O.C=O.Cc1ccc(OCc2cc(F)ccc2C)cc1. The van der Waals surface area contributed by atoms with Crippen LogP contribution < -0.4 is 21.3 Å². The maximum absolute atomic E-state index is 13.1. The zero-order valence-corrected chi connectivity index (χ0v) is 27.0. The van der Waals surface area contributed by atoms with Crippen molar-refractivity contribution in [1.29, 1.82) is 0 Å². The average Bonchev–Trinajstić information content (AvgIpc) is 3.06. The maximum Gasteiger partial charge on any atom is 0.123 e. The second-order valence-corrected chi connectivity index (χ2v) is 9.96. The molecular weight excluding hydrogens is 553 g/mol. The lowest BCUT2D eigenvalue weighted by Crippen LogP contribution is -2.27. The number of aryl methyl sites for hydroxylation is 2. The number of carbonyl (C=O) groups excluding carboxylic acids is 2. The van der Waals surface area contributed by atoms with Gasteiger partial charge >= 0.3 is 0 Å². The molecule has 0 bridgehead atoms. The Balaban J connectivity index is 0.000000778. The summed E-state index contributed by atoms with van der Waals surface area (Å²) in [7, 11) is 1.91. The maximum atomic E-state index is 13.1. The fraction of sp³-hybridized carbons (Fsp3) is 0.297. The molecule has 0 saturated carbocycles. The van der Waals surface area contributed by atoms with Gasteiger partial charge in [0.25, 0.3) is 0 Å². The monoisotopic (exact) mass is 603 g/mol. The van der Waals surface area contributed by atoms with E-state index in [1.54, 1.807) is 6.07 Å². The third kappa shape index (κ3) is 13.7. The van der Waals surface area contributed by atoms with Crippen molar-refractivity contribution in [3.8, 4) is 5.75 Å². The fourth-order valence-corrected chi connectivity index (χ4v) is 4.53. The lowest BCUT2D eigenvalue weighted by Gasteiger charge is -2.26. The van der Waals surface area contributed by atoms with Crippen LogP contribution in [0.15, 0.2) is 108 Å². The Labute approximate surface area is 263 Å². The third-order valence-corrected chi connectivity index (χ3v) is 6.87. The lowest BCUT2D eigenvalue weighted by atomic mass is 9.84. The summed E-state index contributed by atoms with van der Waals surface area (Å²) in [6.45, 7) is 21.2. The largest absolute Gasteiger partial charge is 0.489 e. The zero-order valence-electron chi connectivity index (χ0n) is 27.0. The number of carbonyl (C=O) groups is 2. The summed E-state index contributed by atoms with van der Waals surface area (Å²) in [4.78, 5) is 16.0. The molecule has 0 aromatic heterocycles. The number of allylic oxidation sites excluding steroid dienone is 3. The molecule has 3 rings (SSSR count). The van der Waals surface area contributed by atoms with E-state index in [0.29, 0.717) is 6.61 Å². The van der Waals surface area contributed by atoms with Gasteiger partial charge in [-0.25, -0.2) is 4.39 Å². The molecule has 0 aliphatic rings. The minimum atomic E-state index is -0.224. The Kier molecular flexibility index (Phi) is 20.7. The van der Waals surface area contributed by atoms with Crippen molar-refractivity contribution in [2.45, 2.75) is 60.0 Å². The van der Waals surface area contributed by atoms with Gasteiger partial charge in [0, 0.05) is 24.4 Å². The summed E-state index contributed by atoms with van der Waals surface area (Å²) in [5, 5.41) is 3.20. The molecule has 44 heavy (non-hydrogen) atoms. The predicted octanol–water partition coefficient (Wildman–Crippen LogP) is 7.71. The van der Waals surface area contributed by atoms with Crippen molar-refractivity contribution in [2.75, 3.05) is 7.05 Å². The summed E-state index contributed by atoms with van der Waals surface area (Å²) in [5.74, 6) is 6.61. The van der Waals surface area contributed by atoms with Crippen molar-refractivity contribution in [1.82, 2.24) is 10.7 Å². The van der Waals surface area contributed by atoms with E-state index in [1.165, 1.54) is 28.8 Å². The first-order chi connectivity index (χ1) is 21.2. The van der Waals surface area contributed by atoms with E-state index in [4.69, 9.17) is 20.2 Å². The van der Waals surface area contributed by atoms with Gasteiger partial charge in [-0.3, -0.25) is 5.84 Å². The van der Waals surface area contributed by atoms with Crippen LogP contribution in [-0.4, -0.2) is 20.6 Å². The molecule has 0 saturated heterocycles. The molecule has 0 spiro atoms. The minimum absolute atomic E-state index is 0.203. The van der Waals surface area contributed by atoms with Gasteiger partial charge in [0.1, 0.15) is 31.8 Å². The summed E-state index contributed by atoms with van der Waals surface area (Å²) in [5.41, 5.74) is 11.6. The van der Waals surface area contributed by atoms with Gasteiger partial charge in [0.15, 0.2) is 0 Å². The van der Waals surface area contributed by atoms with Crippen LogP contribution in [0.1, 0.15) is 55.4 Å². The van der Waals surface area contributed by atoms with Crippen molar-refractivity contribution in [3.05, 3.63) is 137 Å². The van der Waals surface area contributed by atoms with Crippen LogP contribution in [0.4, 0.5) is 4.39 Å². The predicted molar refractivity (Wildman–Crippen MR) is 181 cm³/mol. The zero-order chi connectivity index (χ0) is 33.5. The van der Waals surface area contributed by atoms with E-state index in [-0.39, 0.29) is 11.7 Å². The number of halogens is 1.